The van der Waals surface area contributed by atoms with Crippen LogP contribution in [0.4, 0.5) is 10.1 Å². The topological polar surface area (TPSA) is 69.9 Å². The predicted molar refractivity (Wildman–Crippen MR) is 100.0 cm³/mol. The molecule has 1 aliphatic rings. The van der Waals surface area contributed by atoms with Gasteiger partial charge in [0.25, 0.3) is 6.17 Å². The Morgan fingerprint density at radius 1 is 1.22 bits per heavy atom. The van der Waals surface area contributed by atoms with Crippen molar-refractivity contribution in [2.75, 3.05) is 11.2 Å². The summed E-state index contributed by atoms with van der Waals surface area (Å²) >= 11 is 1.26. The summed E-state index contributed by atoms with van der Waals surface area (Å²) in [6.07, 6.45) is 0.879. The minimum absolute atomic E-state index is 0.263. The fraction of sp³-hybridized carbons (Fsp3) is 0.158. The zero-order chi connectivity index (χ0) is 19.1. The highest BCUT2D eigenvalue weighted by Gasteiger charge is 2.45. The largest absolute Gasteiger partial charge is 0.325 e. The molecule has 27 heavy (non-hydrogen) atoms. The number of rotatable bonds is 2. The van der Waals surface area contributed by atoms with E-state index in [0.29, 0.717) is 16.4 Å². The first-order valence-corrected chi connectivity index (χ1v) is 9.49. The molecule has 4 rings (SSSR count). The van der Waals surface area contributed by atoms with Crippen molar-refractivity contribution in [2.24, 2.45) is 0 Å². The van der Waals surface area contributed by atoms with E-state index in [9.17, 15) is 14.0 Å². The van der Waals surface area contributed by atoms with Crippen LogP contribution >= 0.6 is 11.8 Å². The number of carbonyl (C=O) groups is 1. The molecule has 6 nitrogen and oxygen atoms in total. The van der Waals surface area contributed by atoms with E-state index in [-0.39, 0.29) is 22.7 Å². The lowest BCUT2D eigenvalue weighted by Gasteiger charge is -2.31. The van der Waals surface area contributed by atoms with Crippen LogP contribution in [-0.2, 0) is 4.79 Å². The zero-order valence-electron chi connectivity index (χ0n) is 14.6. The molecule has 1 unspecified atom stereocenters. The molecule has 0 radical (unpaired) electrons. The highest BCUT2D eigenvalue weighted by molar-refractivity contribution is 7.98. The van der Waals surface area contributed by atoms with E-state index in [4.69, 9.17) is 0 Å². The number of thioether (sulfide) groups is 1. The Hall–Kier alpha value is -3.00. The van der Waals surface area contributed by atoms with Gasteiger partial charge in [0.2, 0.25) is 11.1 Å². The van der Waals surface area contributed by atoms with Crippen molar-refractivity contribution < 1.29 is 13.9 Å². The molecule has 0 saturated carbocycles. The van der Waals surface area contributed by atoms with E-state index in [1.54, 1.807) is 48.7 Å². The number of aromatic nitrogens is 3. The summed E-state index contributed by atoms with van der Waals surface area (Å²) < 4.78 is 16.1. The molecule has 136 valence electrons. The molecule has 1 atom stereocenters. The lowest BCUT2D eigenvalue weighted by Crippen LogP contribution is -2.60. The summed E-state index contributed by atoms with van der Waals surface area (Å²) in [5.74, 6) is -0.749. The third-order valence-electron chi connectivity index (χ3n) is 4.47. The van der Waals surface area contributed by atoms with Crippen LogP contribution in [0.2, 0.25) is 0 Å². The van der Waals surface area contributed by atoms with E-state index < -0.39 is 12.0 Å². The number of nitrogens with one attached hydrogen (secondary N) is 1. The maximum absolute atomic E-state index is 14.7. The molecule has 0 fully saturated rings. The van der Waals surface area contributed by atoms with Gasteiger partial charge in [0.05, 0.1) is 16.8 Å². The summed E-state index contributed by atoms with van der Waals surface area (Å²) in [6, 6.07) is 13.3. The zero-order valence-corrected chi connectivity index (χ0v) is 15.5. The van der Waals surface area contributed by atoms with Crippen LogP contribution in [0.25, 0.3) is 11.3 Å². The number of fused-ring (bicyclic) bond motifs is 3. The van der Waals surface area contributed by atoms with Crippen LogP contribution in [0.3, 0.4) is 0 Å². The second kappa shape index (κ2) is 6.62. The van der Waals surface area contributed by atoms with Crippen LogP contribution in [0.1, 0.15) is 18.7 Å². The average Bonchev–Trinajstić information content (AvgIpc) is 2.66. The lowest BCUT2D eigenvalue weighted by atomic mass is 10.0. The summed E-state index contributed by atoms with van der Waals surface area (Å²) in [5, 5.41) is 4.87. The van der Waals surface area contributed by atoms with E-state index >= 15 is 0 Å². The Bertz CT molecular complexity index is 1110. The Morgan fingerprint density at radius 3 is 2.63 bits per heavy atom. The Morgan fingerprint density at radius 2 is 1.93 bits per heavy atom. The first-order chi connectivity index (χ1) is 13.0. The van der Waals surface area contributed by atoms with E-state index in [1.807, 2.05) is 0 Å². The fourth-order valence-corrected chi connectivity index (χ4v) is 3.73. The molecule has 0 aliphatic carbocycles. The Kier molecular flexibility index (Phi) is 4.27. The number of aromatic amines is 1. The van der Waals surface area contributed by atoms with E-state index in [0.717, 1.165) is 0 Å². The van der Waals surface area contributed by atoms with Crippen molar-refractivity contribution in [3.05, 3.63) is 70.3 Å². The lowest BCUT2D eigenvalue weighted by molar-refractivity contribution is -0.763. The number of amides is 1. The number of nitrogens with zero attached hydrogens (tertiary/aromatic N) is 3. The summed E-state index contributed by atoms with van der Waals surface area (Å²) in [6.45, 7) is 1.42. The number of para-hydroxylation sites is 1. The van der Waals surface area contributed by atoms with Gasteiger partial charge in [-0.05, 0) is 35.2 Å². The number of H-pyrrole nitrogens is 1. The van der Waals surface area contributed by atoms with Gasteiger partial charge in [-0.15, -0.1) is 0 Å². The van der Waals surface area contributed by atoms with Gasteiger partial charge in [0.15, 0.2) is 0 Å². The van der Waals surface area contributed by atoms with Gasteiger partial charge in [-0.2, -0.15) is 0 Å². The molecule has 1 aromatic heterocycles. The molecule has 1 N–H and O–H groups in total. The monoisotopic (exact) mass is 383 g/mol. The maximum atomic E-state index is 14.7. The van der Waals surface area contributed by atoms with Crippen LogP contribution in [-0.4, -0.2) is 22.2 Å². The first-order valence-electron chi connectivity index (χ1n) is 8.26. The molecule has 3 aromatic rings. The minimum Gasteiger partial charge on any atom is -0.291 e. The maximum Gasteiger partial charge on any atom is 0.325 e. The average molecular weight is 383 g/mol. The number of hydrogen-bond acceptors (Lipinski definition) is 4. The van der Waals surface area contributed by atoms with Gasteiger partial charge in [0.1, 0.15) is 5.82 Å². The normalized spacial score (nSPS) is 15.2. The number of benzene rings is 2. The molecular weight excluding hydrogens is 367 g/mol. The van der Waals surface area contributed by atoms with Crippen LogP contribution in [0, 0.1) is 5.82 Å². The second-order valence-electron chi connectivity index (χ2n) is 6.06. The quantitative estimate of drug-likeness (QED) is 0.545. The van der Waals surface area contributed by atoms with Crippen LogP contribution < -0.4 is 15.1 Å². The van der Waals surface area contributed by atoms with E-state index in [1.165, 1.54) is 34.3 Å². The van der Waals surface area contributed by atoms with Crippen molar-refractivity contribution in [1.29, 1.82) is 0 Å². The third kappa shape index (κ3) is 2.73. The van der Waals surface area contributed by atoms with Gasteiger partial charge < -0.3 is 0 Å². The van der Waals surface area contributed by atoms with Crippen LogP contribution in [0.15, 0.2) is 58.5 Å². The number of halogens is 1. The van der Waals surface area contributed by atoms with Crippen molar-refractivity contribution in [2.45, 2.75) is 18.2 Å². The molecule has 0 spiro atoms. The van der Waals surface area contributed by atoms with E-state index in [2.05, 4.69) is 10.1 Å². The highest BCUT2D eigenvalue weighted by Crippen LogP contribution is 2.37. The number of hydrogen-bond donors (Lipinski definition) is 1. The van der Waals surface area contributed by atoms with Gasteiger partial charge in [0, 0.05) is 12.0 Å². The standard InChI is InChI=1S/C19H15FN4O2S/c1-11(25)23-15-10-6-4-8-13(15)16-17(26)21-19(27-2)22-24(16)18(23)12-7-3-5-9-14(12)20/h3-10,18H,1-2H3/p+1. The molecular formula is C19H16FN4O2S+. The number of anilines is 1. The van der Waals surface area contributed by atoms with Crippen molar-refractivity contribution >= 4 is 23.4 Å². The number of carbonyl (C=O) groups excluding carboxylic acids is 1. The highest BCUT2D eigenvalue weighted by atomic mass is 32.2. The third-order valence-corrected chi connectivity index (χ3v) is 5.04. The molecule has 8 heteroatoms. The molecule has 1 aliphatic heterocycles. The SMILES string of the molecule is CSc1n[n+]2c(c(=O)[nH]1)-c1ccccc1N(C(C)=O)C2c1ccccc1F. The van der Waals surface area contributed by atoms with Gasteiger partial charge in [-0.1, -0.05) is 36.0 Å². The van der Waals surface area contributed by atoms with Crippen molar-refractivity contribution in [1.82, 2.24) is 10.1 Å². The molecule has 0 saturated heterocycles. The van der Waals surface area contributed by atoms with Gasteiger partial charge >= 0.3 is 11.3 Å². The van der Waals surface area contributed by atoms with Gasteiger partial charge in [-0.25, -0.2) is 9.29 Å². The minimum atomic E-state index is -0.901. The fourth-order valence-electron chi connectivity index (χ4n) is 3.37. The summed E-state index contributed by atoms with van der Waals surface area (Å²) in [7, 11) is 0. The molecule has 2 heterocycles. The van der Waals surface area contributed by atoms with Gasteiger partial charge in [-0.3, -0.25) is 14.6 Å². The Balaban J connectivity index is 2.12. The van der Waals surface area contributed by atoms with Crippen molar-refractivity contribution in [3.63, 3.8) is 0 Å². The molecule has 0 bridgehead atoms. The first kappa shape index (κ1) is 17.4. The summed E-state index contributed by atoms with van der Waals surface area (Å²) in [5.41, 5.74) is 1.32. The second-order valence-corrected chi connectivity index (χ2v) is 6.85. The van der Waals surface area contributed by atoms with Crippen molar-refractivity contribution in [3.8, 4) is 11.3 Å². The Labute approximate surface area is 158 Å². The smallest absolute Gasteiger partial charge is 0.291 e. The van der Waals surface area contributed by atoms with Crippen LogP contribution in [0.5, 0.6) is 0 Å². The summed E-state index contributed by atoms with van der Waals surface area (Å²) in [4.78, 5) is 29.6. The molecule has 2 aromatic carbocycles. The molecule has 1 amide bonds. The predicted octanol–water partition coefficient (Wildman–Crippen LogP) is 2.50.